The summed E-state index contributed by atoms with van der Waals surface area (Å²) in [6.07, 6.45) is 0. The lowest BCUT2D eigenvalue weighted by atomic mass is 10.1. The molecular weight excluding hydrogens is 300 g/mol. The first-order valence-electron chi connectivity index (χ1n) is 6.09. The van der Waals surface area contributed by atoms with E-state index in [-0.39, 0.29) is 18.5 Å². The Morgan fingerprint density at radius 2 is 2.00 bits per heavy atom. The molecule has 0 aliphatic heterocycles. The summed E-state index contributed by atoms with van der Waals surface area (Å²) in [5, 5.41) is 0.910. The van der Waals surface area contributed by atoms with Gasteiger partial charge in [-0.05, 0) is 19.1 Å². The third-order valence-corrected chi connectivity index (χ3v) is 3.75. The van der Waals surface area contributed by atoms with E-state index in [9.17, 15) is 4.39 Å². The van der Waals surface area contributed by atoms with Crippen LogP contribution in [0.1, 0.15) is 24.1 Å². The van der Waals surface area contributed by atoms with Gasteiger partial charge in [-0.25, -0.2) is 4.39 Å². The first kappa shape index (κ1) is 15.1. The van der Waals surface area contributed by atoms with Crippen LogP contribution in [0.3, 0.4) is 0 Å². The van der Waals surface area contributed by atoms with E-state index in [2.05, 4.69) is 0 Å². The van der Waals surface area contributed by atoms with E-state index in [1.54, 1.807) is 37.3 Å². The zero-order valence-corrected chi connectivity index (χ0v) is 12.4. The van der Waals surface area contributed by atoms with Crippen LogP contribution >= 0.6 is 23.2 Å². The Labute approximate surface area is 127 Å². The molecule has 0 saturated heterocycles. The van der Waals surface area contributed by atoms with Crippen molar-refractivity contribution in [3.63, 3.8) is 0 Å². The van der Waals surface area contributed by atoms with Gasteiger partial charge in [-0.15, -0.1) is 0 Å². The van der Waals surface area contributed by atoms with Crippen LogP contribution in [-0.4, -0.2) is 0 Å². The molecule has 1 unspecified atom stereocenters. The quantitative estimate of drug-likeness (QED) is 0.885. The molecule has 0 fully saturated rings. The Kier molecular flexibility index (Phi) is 4.86. The van der Waals surface area contributed by atoms with Crippen molar-refractivity contribution < 1.29 is 9.13 Å². The second-order valence-electron chi connectivity index (χ2n) is 4.47. The molecule has 1 atom stereocenters. The van der Waals surface area contributed by atoms with Crippen molar-refractivity contribution in [1.82, 2.24) is 0 Å². The van der Waals surface area contributed by atoms with Crippen molar-refractivity contribution in [3.05, 3.63) is 63.4 Å². The average molecular weight is 314 g/mol. The fourth-order valence-corrected chi connectivity index (χ4v) is 2.16. The summed E-state index contributed by atoms with van der Waals surface area (Å²) in [5.74, 6) is 0.0395. The molecule has 106 valence electrons. The first-order chi connectivity index (χ1) is 9.49. The smallest absolute Gasteiger partial charge is 0.131 e. The highest BCUT2D eigenvalue weighted by atomic mass is 35.5. The van der Waals surface area contributed by atoms with E-state index >= 15 is 0 Å². The maximum absolute atomic E-state index is 13.8. The zero-order chi connectivity index (χ0) is 14.7. The minimum absolute atomic E-state index is 0.219. The number of hydrogen-bond donors (Lipinski definition) is 1. The van der Waals surface area contributed by atoms with E-state index in [1.807, 2.05) is 0 Å². The van der Waals surface area contributed by atoms with Crippen LogP contribution in [0.2, 0.25) is 10.0 Å². The second-order valence-corrected chi connectivity index (χ2v) is 5.26. The maximum atomic E-state index is 13.8. The molecule has 0 bridgehead atoms. The molecular formula is C15H14Cl2FNO. The molecule has 0 spiro atoms. The Balaban J connectivity index is 2.11. The van der Waals surface area contributed by atoms with Crippen LogP contribution in [0.5, 0.6) is 5.75 Å². The third-order valence-electron chi connectivity index (χ3n) is 2.89. The number of rotatable bonds is 4. The molecule has 2 nitrogen and oxygen atoms in total. The van der Waals surface area contributed by atoms with Gasteiger partial charge in [0.05, 0.1) is 10.0 Å². The minimum Gasteiger partial charge on any atom is -0.489 e. The number of hydrogen-bond acceptors (Lipinski definition) is 2. The molecule has 0 saturated carbocycles. The van der Waals surface area contributed by atoms with Crippen LogP contribution < -0.4 is 10.5 Å². The monoisotopic (exact) mass is 313 g/mol. The van der Waals surface area contributed by atoms with Gasteiger partial charge in [0.1, 0.15) is 18.2 Å². The van der Waals surface area contributed by atoms with Crippen LogP contribution in [0.15, 0.2) is 36.4 Å². The lowest BCUT2D eigenvalue weighted by Crippen LogP contribution is -2.07. The standard InChI is InChI=1S/C15H14Cl2FNO/c1-9(19)12-6-5-11(7-14(12)18)20-8-10-3-2-4-13(16)15(10)17/h2-7,9H,8,19H2,1H3. The van der Waals surface area contributed by atoms with Crippen LogP contribution in [0.25, 0.3) is 0 Å². The maximum Gasteiger partial charge on any atom is 0.131 e. The Morgan fingerprint density at radius 1 is 1.25 bits per heavy atom. The fourth-order valence-electron chi connectivity index (χ4n) is 1.79. The Hall–Kier alpha value is -1.29. The highest BCUT2D eigenvalue weighted by Gasteiger charge is 2.09. The molecule has 0 aliphatic rings. The lowest BCUT2D eigenvalue weighted by Gasteiger charge is -2.11. The van der Waals surface area contributed by atoms with Crippen molar-refractivity contribution in [2.24, 2.45) is 5.73 Å². The van der Waals surface area contributed by atoms with Crippen molar-refractivity contribution >= 4 is 23.2 Å². The SMILES string of the molecule is CC(N)c1ccc(OCc2cccc(Cl)c2Cl)cc1F. The number of halogens is 3. The van der Waals surface area contributed by atoms with E-state index in [0.717, 1.165) is 5.56 Å². The van der Waals surface area contributed by atoms with E-state index < -0.39 is 0 Å². The van der Waals surface area contributed by atoms with Gasteiger partial charge < -0.3 is 10.5 Å². The van der Waals surface area contributed by atoms with Gasteiger partial charge in [-0.2, -0.15) is 0 Å². The minimum atomic E-state index is -0.380. The van der Waals surface area contributed by atoms with Gasteiger partial charge in [0.2, 0.25) is 0 Å². The van der Waals surface area contributed by atoms with Gasteiger partial charge in [0.25, 0.3) is 0 Å². The Bertz CT molecular complexity index is 617. The highest BCUT2D eigenvalue weighted by Crippen LogP contribution is 2.27. The summed E-state index contributed by atoms with van der Waals surface area (Å²) in [5.41, 5.74) is 6.86. The lowest BCUT2D eigenvalue weighted by molar-refractivity contribution is 0.304. The van der Waals surface area contributed by atoms with Crippen LogP contribution in [0, 0.1) is 5.82 Å². The summed E-state index contributed by atoms with van der Waals surface area (Å²) < 4.78 is 19.3. The topological polar surface area (TPSA) is 35.2 Å². The summed E-state index contributed by atoms with van der Waals surface area (Å²) in [6, 6.07) is 9.55. The van der Waals surface area contributed by atoms with Gasteiger partial charge >= 0.3 is 0 Å². The average Bonchev–Trinajstić information content (AvgIpc) is 2.40. The molecule has 0 aromatic heterocycles. The molecule has 2 aromatic rings. The third kappa shape index (κ3) is 3.42. The number of benzene rings is 2. The van der Waals surface area contributed by atoms with E-state index in [1.165, 1.54) is 6.07 Å². The molecule has 0 heterocycles. The molecule has 0 aliphatic carbocycles. The van der Waals surface area contributed by atoms with Crippen LogP contribution in [-0.2, 0) is 6.61 Å². The molecule has 5 heteroatoms. The van der Waals surface area contributed by atoms with Crippen LogP contribution in [0.4, 0.5) is 4.39 Å². The van der Waals surface area contributed by atoms with Crippen molar-refractivity contribution in [2.75, 3.05) is 0 Å². The van der Waals surface area contributed by atoms with Crippen molar-refractivity contribution in [3.8, 4) is 5.75 Å². The molecule has 2 aromatic carbocycles. The predicted molar refractivity (Wildman–Crippen MR) is 79.8 cm³/mol. The van der Waals surface area contributed by atoms with Gasteiger partial charge in [0, 0.05) is 23.2 Å². The van der Waals surface area contributed by atoms with Gasteiger partial charge in [-0.1, -0.05) is 41.4 Å². The van der Waals surface area contributed by atoms with Gasteiger partial charge in [-0.3, -0.25) is 0 Å². The number of ether oxygens (including phenoxy) is 1. The molecule has 2 rings (SSSR count). The van der Waals surface area contributed by atoms with E-state index in [0.29, 0.717) is 21.4 Å². The normalized spacial score (nSPS) is 12.2. The van der Waals surface area contributed by atoms with E-state index in [4.69, 9.17) is 33.7 Å². The summed E-state index contributed by atoms with van der Waals surface area (Å²) in [7, 11) is 0. The molecule has 20 heavy (non-hydrogen) atoms. The fraction of sp³-hybridized carbons (Fsp3) is 0.200. The predicted octanol–water partition coefficient (Wildman–Crippen LogP) is 4.73. The highest BCUT2D eigenvalue weighted by molar-refractivity contribution is 6.42. The molecule has 2 N–H and O–H groups in total. The largest absolute Gasteiger partial charge is 0.489 e. The van der Waals surface area contributed by atoms with Crippen molar-refractivity contribution in [1.29, 1.82) is 0 Å². The molecule has 0 amide bonds. The summed E-state index contributed by atoms with van der Waals surface area (Å²) in [4.78, 5) is 0. The summed E-state index contributed by atoms with van der Waals surface area (Å²) >= 11 is 12.0. The van der Waals surface area contributed by atoms with Crippen molar-refractivity contribution in [2.45, 2.75) is 19.6 Å². The Morgan fingerprint density at radius 3 is 2.65 bits per heavy atom. The number of nitrogens with two attached hydrogens (primary N) is 1. The van der Waals surface area contributed by atoms with Gasteiger partial charge in [0.15, 0.2) is 0 Å². The molecule has 0 radical (unpaired) electrons. The summed E-state index contributed by atoms with van der Waals surface area (Å²) in [6.45, 7) is 1.95. The first-order valence-corrected chi connectivity index (χ1v) is 6.85. The second kappa shape index (κ2) is 6.44. The zero-order valence-electron chi connectivity index (χ0n) is 10.9.